The maximum atomic E-state index is 6.59. The van der Waals surface area contributed by atoms with Gasteiger partial charge in [-0.25, -0.2) is 0 Å². The second kappa shape index (κ2) is 16.5. The van der Waals surface area contributed by atoms with E-state index in [0.717, 1.165) is 78.2 Å². The molecule has 3 heteroatoms. The van der Waals surface area contributed by atoms with Crippen LogP contribution in [0.1, 0.15) is 22.3 Å². The van der Waals surface area contributed by atoms with Gasteiger partial charge in [-0.3, -0.25) is 0 Å². The van der Waals surface area contributed by atoms with E-state index in [1.54, 1.807) is 0 Å². The van der Waals surface area contributed by atoms with Crippen molar-refractivity contribution in [2.24, 2.45) is 0 Å². The molecule has 1 spiro atoms. The van der Waals surface area contributed by atoms with Gasteiger partial charge in [-0.15, -0.1) is 0 Å². The summed E-state index contributed by atoms with van der Waals surface area (Å²) in [4.78, 5) is 2.49. The van der Waals surface area contributed by atoms with Crippen LogP contribution in [0.3, 0.4) is 0 Å². The molecule has 12 aromatic carbocycles. The summed E-state index contributed by atoms with van der Waals surface area (Å²) in [6, 6.07) is 103. The molecule has 2 aromatic heterocycles. The number of fused-ring (bicyclic) bond motifs is 17. The van der Waals surface area contributed by atoms with Gasteiger partial charge >= 0.3 is 0 Å². The average Bonchev–Trinajstić information content (AvgIpc) is 4.40. The summed E-state index contributed by atoms with van der Waals surface area (Å²) in [6.07, 6.45) is 0. The molecule has 0 bridgehead atoms. The highest BCUT2D eigenvalue weighted by atomic mass is 16.3. The van der Waals surface area contributed by atoms with Crippen LogP contribution in [0.5, 0.6) is 0 Å². The van der Waals surface area contributed by atoms with Crippen LogP contribution < -0.4 is 4.90 Å². The molecule has 354 valence electrons. The highest BCUT2D eigenvalue weighted by molar-refractivity contribution is 6.16. The van der Waals surface area contributed by atoms with Gasteiger partial charge in [0.1, 0.15) is 11.2 Å². The summed E-state index contributed by atoms with van der Waals surface area (Å²) in [5.41, 5.74) is 25.1. The Kier molecular flexibility index (Phi) is 9.25. The number of nitrogens with zero attached hydrogens (tertiary/aromatic N) is 2. The third-order valence-electron chi connectivity index (χ3n) is 16.4. The molecular weight excluding hydrogens is 921 g/mol. The predicted octanol–water partition coefficient (Wildman–Crippen LogP) is 19.5. The van der Waals surface area contributed by atoms with Crippen molar-refractivity contribution in [3.8, 4) is 61.3 Å². The molecule has 0 N–H and O–H groups in total. The fraction of sp³-hybridized carbons (Fsp3) is 0.0137. The molecule has 0 radical (unpaired) electrons. The standard InChI is InChI=1S/C73H46N2O/c1-4-20-47(21-5-1)50-42-51(49-36-38-57-56-27-10-15-31-62(56)73(65(57)45-49)63-32-16-11-29-59(63)71-64(73)39-41-70-72(71)60-30-14-19-35-69(60)76-70)44-54(43-50)74(66-33-17-12-26-55(66)48-22-6-2-7-23-48)53-37-40-68-61(46-53)58-28-13-18-34-67(58)75(68)52-24-8-3-9-25-52/h1-46H. The van der Waals surface area contributed by atoms with E-state index in [9.17, 15) is 0 Å². The van der Waals surface area contributed by atoms with Crippen molar-refractivity contribution in [3.63, 3.8) is 0 Å². The lowest BCUT2D eigenvalue weighted by atomic mass is 9.70. The fourth-order valence-electron chi connectivity index (χ4n) is 13.2. The largest absolute Gasteiger partial charge is 0.456 e. The SMILES string of the molecule is c1ccc(-c2cc(-c3ccc4c(c3)C3(c5ccccc5-4)c4ccccc4-c4c3ccc3oc5ccccc5c43)cc(N(c3ccc4c(c3)c3ccccc3n4-c3ccccc3)c3ccccc3-c3ccccc3)c2)cc1. The van der Waals surface area contributed by atoms with Gasteiger partial charge in [-0.05, 0) is 151 Å². The minimum absolute atomic E-state index is 0.560. The van der Waals surface area contributed by atoms with Gasteiger partial charge in [0.05, 0.1) is 22.1 Å². The molecule has 0 amide bonds. The van der Waals surface area contributed by atoms with Gasteiger partial charge in [0.25, 0.3) is 0 Å². The third-order valence-corrected chi connectivity index (χ3v) is 16.4. The summed E-state index contributed by atoms with van der Waals surface area (Å²) in [5.74, 6) is 0. The van der Waals surface area contributed by atoms with Gasteiger partial charge in [0.15, 0.2) is 0 Å². The van der Waals surface area contributed by atoms with E-state index < -0.39 is 5.41 Å². The number of para-hydroxylation sites is 4. The molecule has 0 saturated heterocycles. The zero-order chi connectivity index (χ0) is 49.9. The van der Waals surface area contributed by atoms with Crippen LogP contribution in [0.4, 0.5) is 17.1 Å². The molecule has 3 nitrogen and oxygen atoms in total. The van der Waals surface area contributed by atoms with E-state index in [1.165, 1.54) is 66.2 Å². The monoisotopic (exact) mass is 966 g/mol. The maximum absolute atomic E-state index is 6.59. The van der Waals surface area contributed by atoms with Gasteiger partial charge < -0.3 is 13.9 Å². The molecule has 2 aliphatic rings. The van der Waals surface area contributed by atoms with E-state index in [2.05, 4.69) is 289 Å². The maximum Gasteiger partial charge on any atom is 0.136 e. The van der Waals surface area contributed by atoms with Gasteiger partial charge in [0.2, 0.25) is 0 Å². The van der Waals surface area contributed by atoms with Crippen molar-refractivity contribution in [2.45, 2.75) is 5.41 Å². The predicted molar refractivity (Wildman–Crippen MR) is 315 cm³/mol. The summed E-state index contributed by atoms with van der Waals surface area (Å²) in [5, 5.41) is 4.73. The van der Waals surface area contributed by atoms with Crippen molar-refractivity contribution in [1.82, 2.24) is 4.57 Å². The van der Waals surface area contributed by atoms with Crippen molar-refractivity contribution in [2.75, 3.05) is 4.90 Å². The molecule has 1 unspecified atom stereocenters. The van der Waals surface area contributed by atoms with Crippen molar-refractivity contribution >= 4 is 60.8 Å². The van der Waals surface area contributed by atoms with E-state index in [4.69, 9.17) is 4.42 Å². The second-order valence-electron chi connectivity index (χ2n) is 20.3. The van der Waals surface area contributed by atoms with E-state index in [-0.39, 0.29) is 0 Å². The van der Waals surface area contributed by atoms with Crippen LogP contribution in [0.15, 0.2) is 283 Å². The third kappa shape index (κ3) is 6.11. The van der Waals surface area contributed by atoms with Gasteiger partial charge in [0, 0.05) is 44.2 Å². The molecule has 16 rings (SSSR count). The van der Waals surface area contributed by atoms with Crippen LogP contribution in [0, 0.1) is 0 Å². The zero-order valence-corrected chi connectivity index (χ0v) is 41.4. The average molecular weight is 967 g/mol. The topological polar surface area (TPSA) is 21.3 Å². The Morgan fingerprint density at radius 2 is 0.921 bits per heavy atom. The normalized spacial score (nSPS) is 14.1. The summed E-state index contributed by atoms with van der Waals surface area (Å²) in [7, 11) is 0. The van der Waals surface area contributed by atoms with Gasteiger partial charge in [-0.1, -0.05) is 200 Å². The van der Waals surface area contributed by atoms with Gasteiger partial charge in [-0.2, -0.15) is 0 Å². The number of benzene rings is 12. The van der Waals surface area contributed by atoms with Crippen molar-refractivity contribution in [3.05, 3.63) is 301 Å². The molecule has 0 fully saturated rings. The van der Waals surface area contributed by atoms with Crippen LogP contribution >= 0.6 is 0 Å². The minimum atomic E-state index is -0.560. The fourth-order valence-corrected chi connectivity index (χ4v) is 13.2. The lowest BCUT2D eigenvalue weighted by molar-refractivity contribution is 0.668. The molecule has 0 saturated carbocycles. The van der Waals surface area contributed by atoms with Crippen LogP contribution in [0.25, 0.3) is 105 Å². The Morgan fingerprint density at radius 1 is 0.316 bits per heavy atom. The number of furan rings is 1. The first-order chi connectivity index (χ1) is 37.7. The second-order valence-corrected chi connectivity index (χ2v) is 20.3. The van der Waals surface area contributed by atoms with Crippen LogP contribution in [-0.2, 0) is 5.41 Å². The lowest BCUT2D eigenvalue weighted by Gasteiger charge is -2.31. The lowest BCUT2D eigenvalue weighted by Crippen LogP contribution is -2.25. The Labute approximate surface area is 440 Å². The molecule has 2 heterocycles. The van der Waals surface area contributed by atoms with Crippen LogP contribution in [-0.4, -0.2) is 4.57 Å². The Morgan fingerprint density at radius 3 is 1.72 bits per heavy atom. The smallest absolute Gasteiger partial charge is 0.136 e. The first kappa shape index (κ1) is 42.5. The Balaban J connectivity index is 0.956. The molecule has 0 aliphatic heterocycles. The number of anilines is 3. The van der Waals surface area contributed by atoms with Crippen molar-refractivity contribution in [1.29, 1.82) is 0 Å². The number of hydrogen-bond donors (Lipinski definition) is 0. The highest BCUT2D eigenvalue weighted by Crippen LogP contribution is 2.64. The summed E-state index contributed by atoms with van der Waals surface area (Å²) >= 11 is 0. The first-order valence-corrected chi connectivity index (χ1v) is 26.2. The van der Waals surface area contributed by atoms with E-state index in [1.807, 2.05) is 0 Å². The van der Waals surface area contributed by atoms with E-state index in [0.29, 0.717) is 0 Å². The Hall–Kier alpha value is -9.96. The molecular formula is C73H46N2O. The number of hydrogen-bond acceptors (Lipinski definition) is 2. The van der Waals surface area contributed by atoms with Crippen LogP contribution in [0.2, 0.25) is 0 Å². The molecule has 1 atom stereocenters. The number of aromatic nitrogens is 1. The quantitative estimate of drug-likeness (QED) is 0.159. The minimum Gasteiger partial charge on any atom is -0.456 e. The molecule has 14 aromatic rings. The van der Waals surface area contributed by atoms with E-state index >= 15 is 0 Å². The summed E-state index contributed by atoms with van der Waals surface area (Å²) < 4.78 is 8.98. The highest BCUT2D eigenvalue weighted by Gasteiger charge is 2.52. The number of rotatable bonds is 7. The Bertz CT molecular complexity index is 4640. The first-order valence-electron chi connectivity index (χ1n) is 26.2. The molecule has 76 heavy (non-hydrogen) atoms. The van der Waals surface area contributed by atoms with Crippen molar-refractivity contribution < 1.29 is 4.42 Å². The summed E-state index contributed by atoms with van der Waals surface area (Å²) in [6.45, 7) is 0. The molecule has 2 aliphatic carbocycles. The zero-order valence-electron chi connectivity index (χ0n) is 41.4.